The van der Waals surface area contributed by atoms with E-state index in [9.17, 15) is 8.78 Å². The lowest BCUT2D eigenvalue weighted by Gasteiger charge is -2.04. The molecule has 1 aromatic carbocycles. The van der Waals surface area contributed by atoms with Crippen LogP contribution in [-0.4, -0.2) is 0 Å². The zero-order valence-corrected chi connectivity index (χ0v) is 6.57. The fourth-order valence-electron chi connectivity index (χ4n) is 0.995. The Labute approximate surface area is 64.9 Å². The molecule has 0 saturated carbocycles. The maximum Gasteiger partial charge on any atom is 0.264 e. The van der Waals surface area contributed by atoms with Crippen LogP contribution in [0.4, 0.5) is 8.78 Å². The van der Waals surface area contributed by atoms with E-state index in [1.807, 2.05) is 13.0 Å². The van der Waals surface area contributed by atoms with E-state index < -0.39 is 6.43 Å². The summed E-state index contributed by atoms with van der Waals surface area (Å²) in [5.74, 6) is 0. The molecule has 0 amide bonds. The van der Waals surface area contributed by atoms with Crippen molar-refractivity contribution in [3.63, 3.8) is 0 Å². The summed E-state index contributed by atoms with van der Waals surface area (Å²) in [6.45, 7) is 3.51. The molecule has 0 N–H and O–H groups in total. The molecule has 0 saturated heterocycles. The van der Waals surface area contributed by atoms with Crippen LogP contribution < -0.4 is 0 Å². The minimum Gasteiger partial charge on any atom is -0.205 e. The van der Waals surface area contributed by atoms with E-state index >= 15 is 0 Å². The number of halogens is 2. The van der Waals surface area contributed by atoms with Crippen molar-refractivity contribution >= 4 is 0 Å². The first-order valence-electron chi connectivity index (χ1n) is 3.46. The van der Waals surface area contributed by atoms with Gasteiger partial charge in [0.05, 0.1) is 0 Å². The highest BCUT2D eigenvalue weighted by atomic mass is 19.3. The highest BCUT2D eigenvalue weighted by Gasteiger charge is 2.09. The van der Waals surface area contributed by atoms with Gasteiger partial charge in [-0.15, -0.1) is 0 Å². The molecule has 60 valence electrons. The van der Waals surface area contributed by atoms with E-state index in [0.29, 0.717) is 5.56 Å². The molecule has 0 heterocycles. The predicted molar refractivity (Wildman–Crippen MR) is 40.9 cm³/mol. The Morgan fingerprint density at radius 2 is 1.82 bits per heavy atom. The maximum atomic E-state index is 12.2. The molecule has 0 aliphatic rings. The predicted octanol–water partition coefficient (Wildman–Crippen LogP) is 3.24. The Morgan fingerprint density at radius 1 is 1.18 bits per heavy atom. The van der Waals surface area contributed by atoms with E-state index in [-0.39, 0.29) is 5.56 Å². The lowest BCUT2D eigenvalue weighted by molar-refractivity contribution is 0.150. The number of rotatable bonds is 1. The van der Waals surface area contributed by atoms with Crippen LogP contribution in [0.15, 0.2) is 18.2 Å². The van der Waals surface area contributed by atoms with Crippen LogP contribution in [-0.2, 0) is 0 Å². The molecule has 11 heavy (non-hydrogen) atoms. The Hall–Kier alpha value is -0.920. The molecule has 0 aliphatic carbocycles. The quantitative estimate of drug-likeness (QED) is 0.585. The van der Waals surface area contributed by atoms with Crippen LogP contribution in [0.25, 0.3) is 0 Å². The van der Waals surface area contributed by atoms with Crippen LogP contribution in [0.2, 0.25) is 0 Å². The smallest absolute Gasteiger partial charge is 0.205 e. The summed E-state index contributed by atoms with van der Waals surface area (Å²) in [5.41, 5.74) is 1.68. The molecule has 1 aromatic rings. The first-order chi connectivity index (χ1) is 5.11. The number of alkyl halides is 2. The molecule has 0 nitrogen and oxygen atoms in total. The molecule has 1 rings (SSSR count). The van der Waals surface area contributed by atoms with Crippen molar-refractivity contribution in [1.29, 1.82) is 0 Å². The van der Waals surface area contributed by atoms with Gasteiger partial charge in [-0.25, -0.2) is 8.78 Å². The lowest BCUT2D eigenvalue weighted by Crippen LogP contribution is -1.89. The average molecular weight is 156 g/mol. The van der Waals surface area contributed by atoms with Crippen LogP contribution in [0, 0.1) is 13.8 Å². The van der Waals surface area contributed by atoms with Gasteiger partial charge in [0.2, 0.25) is 0 Å². The zero-order chi connectivity index (χ0) is 8.43. The van der Waals surface area contributed by atoms with Gasteiger partial charge in [-0.05, 0) is 19.4 Å². The lowest BCUT2D eigenvalue weighted by atomic mass is 10.1. The molecular weight excluding hydrogens is 146 g/mol. The largest absolute Gasteiger partial charge is 0.264 e. The zero-order valence-electron chi connectivity index (χ0n) is 6.57. The van der Waals surface area contributed by atoms with Crippen molar-refractivity contribution in [2.75, 3.05) is 0 Å². The summed E-state index contributed by atoms with van der Waals surface area (Å²) in [5, 5.41) is 0. The highest BCUT2D eigenvalue weighted by molar-refractivity contribution is 5.31. The van der Waals surface area contributed by atoms with Gasteiger partial charge >= 0.3 is 0 Å². The third-order valence-electron chi connectivity index (χ3n) is 1.67. The van der Waals surface area contributed by atoms with Crippen LogP contribution in [0.3, 0.4) is 0 Å². The minimum absolute atomic E-state index is 0.144. The summed E-state index contributed by atoms with van der Waals surface area (Å²) >= 11 is 0. The minimum atomic E-state index is -2.35. The fourth-order valence-corrected chi connectivity index (χ4v) is 0.995. The van der Waals surface area contributed by atoms with E-state index in [2.05, 4.69) is 0 Å². The standard InChI is InChI=1S/C9H10F2/c1-6-3-4-7(2)8(5-6)9(10)11/h3-5,9H,1-2H3. The Balaban J connectivity index is 3.13. The summed E-state index contributed by atoms with van der Waals surface area (Å²) in [7, 11) is 0. The SMILES string of the molecule is Cc1ccc(C)c(C(F)F)c1. The van der Waals surface area contributed by atoms with Crippen molar-refractivity contribution in [3.8, 4) is 0 Å². The van der Waals surface area contributed by atoms with Gasteiger partial charge in [-0.3, -0.25) is 0 Å². The molecule has 0 spiro atoms. The second-order valence-corrected chi connectivity index (χ2v) is 2.66. The molecule has 0 fully saturated rings. The first-order valence-corrected chi connectivity index (χ1v) is 3.46. The molecular formula is C9H10F2. The number of hydrogen-bond donors (Lipinski definition) is 0. The van der Waals surface area contributed by atoms with Gasteiger partial charge < -0.3 is 0 Å². The summed E-state index contributed by atoms with van der Waals surface area (Å²) in [6, 6.07) is 5.08. The van der Waals surface area contributed by atoms with Gasteiger partial charge in [0.1, 0.15) is 0 Å². The molecule has 0 radical (unpaired) electrons. The third kappa shape index (κ3) is 1.76. The second-order valence-electron chi connectivity index (χ2n) is 2.66. The normalized spacial score (nSPS) is 10.6. The second kappa shape index (κ2) is 2.99. The van der Waals surface area contributed by atoms with E-state index in [1.165, 1.54) is 6.07 Å². The summed E-state index contributed by atoms with van der Waals surface area (Å²) in [6.07, 6.45) is -2.35. The summed E-state index contributed by atoms with van der Waals surface area (Å²) in [4.78, 5) is 0. The maximum absolute atomic E-state index is 12.2. The van der Waals surface area contributed by atoms with E-state index in [4.69, 9.17) is 0 Å². The van der Waals surface area contributed by atoms with E-state index in [0.717, 1.165) is 5.56 Å². The van der Waals surface area contributed by atoms with Crippen molar-refractivity contribution in [2.24, 2.45) is 0 Å². The topological polar surface area (TPSA) is 0 Å². The molecule has 0 unspecified atom stereocenters. The van der Waals surface area contributed by atoms with E-state index in [1.54, 1.807) is 13.0 Å². The number of hydrogen-bond acceptors (Lipinski definition) is 0. The van der Waals surface area contributed by atoms with Crippen molar-refractivity contribution in [3.05, 3.63) is 34.9 Å². The van der Waals surface area contributed by atoms with Crippen LogP contribution in [0.5, 0.6) is 0 Å². The third-order valence-corrected chi connectivity index (χ3v) is 1.67. The molecule has 0 aliphatic heterocycles. The van der Waals surface area contributed by atoms with Gasteiger partial charge in [0.15, 0.2) is 0 Å². The molecule has 0 aromatic heterocycles. The monoisotopic (exact) mass is 156 g/mol. The number of benzene rings is 1. The fraction of sp³-hybridized carbons (Fsp3) is 0.333. The van der Waals surface area contributed by atoms with Gasteiger partial charge in [-0.1, -0.05) is 23.8 Å². The van der Waals surface area contributed by atoms with Crippen LogP contribution >= 0.6 is 0 Å². The van der Waals surface area contributed by atoms with Crippen LogP contribution in [0.1, 0.15) is 23.1 Å². The first kappa shape index (κ1) is 8.18. The molecule has 0 bridgehead atoms. The molecule has 0 atom stereocenters. The van der Waals surface area contributed by atoms with Gasteiger partial charge in [0.25, 0.3) is 6.43 Å². The van der Waals surface area contributed by atoms with Crippen molar-refractivity contribution < 1.29 is 8.78 Å². The average Bonchev–Trinajstić information content (AvgIpc) is 1.94. The van der Waals surface area contributed by atoms with Gasteiger partial charge in [-0.2, -0.15) is 0 Å². The van der Waals surface area contributed by atoms with Crippen molar-refractivity contribution in [1.82, 2.24) is 0 Å². The Bertz CT molecular complexity index is 254. The number of aryl methyl sites for hydroxylation is 2. The summed E-state index contributed by atoms with van der Waals surface area (Å²) < 4.78 is 24.4. The van der Waals surface area contributed by atoms with Gasteiger partial charge in [0, 0.05) is 5.56 Å². The van der Waals surface area contributed by atoms with Crippen molar-refractivity contribution in [2.45, 2.75) is 20.3 Å². The Kier molecular flexibility index (Phi) is 2.22. The molecule has 2 heteroatoms. The Morgan fingerprint density at radius 3 is 2.27 bits per heavy atom. The highest BCUT2D eigenvalue weighted by Crippen LogP contribution is 2.22.